The van der Waals surface area contributed by atoms with Crippen molar-refractivity contribution < 1.29 is 14.3 Å². The van der Waals surface area contributed by atoms with Gasteiger partial charge in [-0.25, -0.2) is 4.79 Å². The Bertz CT molecular complexity index is 784. The largest absolute Gasteiger partial charge is 0.444 e. The van der Waals surface area contributed by atoms with Crippen molar-refractivity contribution in [3.63, 3.8) is 0 Å². The number of amides is 2. The topological polar surface area (TPSA) is 89.5 Å². The molecule has 186 valence electrons. The number of halogens is 1. The molecule has 2 amide bonds. The van der Waals surface area contributed by atoms with Crippen molar-refractivity contribution in [2.45, 2.75) is 32.9 Å². The van der Waals surface area contributed by atoms with Gasteiger partial charge in [-0.1, -0.05) is 12.1 Å². The predicted molar refractivity (Wildman–Crippen MR) is 142 cm³/mol. The standard InChI is InChI=1S/C23H38N6O3.HI/c1-23(2,3)32-22(31)29-15-13-28(14-16-29)12-11-25-21(24-4)26-17-18-7-9-19(10-8-18)20(30)27(5)6;/h7-10H,11-17H2,1-6H3,(H2,24,25,26);1H. The summed E-state index contributed by atoms with van der Waals surface area (Å²) in [5, 5.41) is 6.62. The van der Waals surface area contributed by atoms with Gasteiger partial charge in [0, 0.05) is 72.5 Å². The van der Waals surface area contributed by atoms with E-state index in [0.717, 1.165) is 37.7 Å². The van der Waals surface area contributed by atoms with Crippen LogP contribution in [0.3, 0.4) is 0 Å². The first-order valence-corrected chi connectivity index (χ1v) is 11.0. The molecular weight excluding hydrogens is 535 g/mol. The molecule has 33 heavy (non-hydrogen) atoms. The Morgan fingerprint density at radius 3 is 2.18 bits per heavy atom. The van der Waals surface area contributed by atoms with Crippen LogP contribution >= 0.6 is 24.0 Å². The number of carbonyl (C=O) groups is 2. The Balaban J connectivity index is 0.00000544. The van der Waals surface area contributed by atoms with E-state index in [2.05, 4.69) is 20.5 Å². The molecule has 1 aliphatic rings. The molecule has 1 aromatic carbocycles. The second-order valence-corrected chi connectivity index (χ2v) is 9.06. The zero-order valence-corrected chi connectivity index (χ0v) is 23.0. The Labute approximate surface area is 214 Å². The SMILES string of the molecule is CN=C(NCCN1CCN(C(=O)OC(C)(C)C)CC1)NCc1ccc(C(=O)N(C)C)cc1.I. The van der Waals surface area contributed by atoms with E-state index in [-0.39, 0.29) is 36.0 Å². The lowest BCUT2D eigenvalue weighted by atomic mass is 10.1. The molecule has 0 atom stereocenters. The summed E-state index contributed by atoms with van der Waals surface area (Å²) in [5.74, 6) is 0.722. The Morgan fingerprint density at radius 1 is 1.06 bits per heavy atom. The van der Waals surface area contributed by atoms with Gasteiger partial charge in [-0.2, -0.15) is 0 Å². The molecule has 1 fully saturated rings. The van der Waals surface area contributed by atoms with Gasteiger partial charge in [0.25, 0.3) is 5.91 Å². The molecule has 1 saturated heterocycles. The fourth-order valence-corrected chi connectivity index (χ4v) is 3.24. The Morgan fingerprint density at radius 2 is 1.67 bits per heavy atom. The van der Waals surface area contributed by atoms with E-state index in [1.165, 1.54) is 0 Å². The van der Waals surface area contributed by atoms with Crippen LogP contribution in [0.2, 0.25) is 0 Å². The normalized spacial score (nSPS) is 14.8. The van der Waals surface area contributed by atoms with Crippen LogP contribution in [0, 0.1) is 0 Å². The number of aliphatic imine (C=N–C) groups is 1. The zero-order chi connectivity index (χ0) is 23.7. The lowest BCUT2D eigenvalue weighted by Gasteiger charge is -2.35. The van der Waals surface area contributed by atoms with Crippen molar-refractivity contribution in [2.24, 2.45) is 4.99 Å². The highest BCUT2D eigenvalue weighted by Crippen LogP contribution is 2.11. The number of ether oxygens (including phenoxy) is 1. The van der Waals surface area contributed by atoms with E-state index in [1.54, 1.807) is 30.9 Å². The lowest BCUT2D eigenvalue weighted by Crippen LogP contribution is -2.51. The molecule has 2 N–H and O–H groups in total. The van der Waals surface area contributed by atoms with E-state index in [4.69, 9.17) is 4.74 Å². The maximum Gasteiger partial charge on any atom is 0.410 e. The van der Waals surface area contributed by atoms with Crippen LogP contribution in [0.1, 0.15) is 36.7 Å². The highest BCUT2D eigenvalue weighted by atomic mass is 127. The first kappa shape index (κ1) is 29.0. The molecule has 0 aromatic heterocycles. The van der Waals surface area contributed by atoms with Gasteiger partial charge < -0.3 is 25.2 Å². The van der Waals surface area contributed by atoms with Crippen molar-refractivity contribution in [3.8, 4) is 0 Å². The molecule has 0 unspecified atom stereocenters. The third-order valence-electron chi connectivity index (χ3n) is 5.04. The second-order valence-electron chi connectivity index (χ2n) is 9.06. The highest BCUT2D eigenvalue weighted by molar-refractivity contribution is 14.0. The first-order valence-electron chi connectivity index (χ1n) is 11.0. The maximum atomic E-state index is 12.2. The summed E-state index contributed by atoms with van der Waals surface area (Å²) < 4.78 is 5.44. The molecule has 1 aromatic rings. The highest BCUT2D eigenvalue weighted by Gasteiger charge is 2.25. The molecular formula is C23H39IN6O3. The van der Waals surface area contributed by atoms with Gasteiger partial charge in [0.05, 0.1) is 0 Å². The smallest absolute Gasteiger partial charge is 0.410 e. The zero-order valence-electron chi connectivity index (χ0n) is 20.7. The molecule has 1 heterocycles. The summed E-state index contributed by atoms with van der Waals surface area (Å²) in [6.07, 6.45) is -0.237. The van der Waals surface area contributed by atoms with Crippen molar-refractivity contribution in [2.75, 3.05) is 60.4 Å². The second kappa shape index (κ2) is 13.6. The molecule has 0 aliphatic carbocycles. The van der Waals surface area contributed by atoms with Crippen molar-refractivity contribution in [3.05, 3.63) is 35.4 Å². The summed E-state index contributed by atoms with van der Waals surface area (Å²) in [4.78, 5) is 34.1. The number of rotatable bonds is 6. The van der Waals surface area contributed by atoms with Crippen LogP contribution in [-0.2, 0) is 11.3 Å². The van der Waals surface area contributed by atoms with Crippen LogP contribution in [0.5, 0.6) is 0 Å². The van der Waals surface area contributed by atoms with Crippen LogP contribution < -0.4 is 10.6 Å². The number of nitrogens with one attached hydrogen (secondary N) is 2. The number of nitrogens with zero attached hydrogens (tertiary/aromatic N) is 4. The van der Waals surface area contributed by atoms with Gasteiger partial charge in [-0.3, -0.25) is 14.7 Å². The fourth-order valence-electron chi connectivity index (χ4n) is 3.24. The van der Waals surface area contributed by atoms with Gasteiger partial charge in [-0.05, 0) is 38.5 Å². The average Bonchev–Trinajstić information content (AvgIpc) is 2.75. The molecule has 10 heteroatoms. The first-order chi connectivity index (χ1) is 15.1. The van der Waals surface area contributed by atoms with Crippen LogP contribution in [0.15, 0.2) is 29.3 Å². The number of hydrogen-bond donors (Lipinski definition) is 2. The molecule has 9 nitrogen and oxygen atoms in total. The fraction of sp³-hybridized carbons (Fsp3) is 0.609. The quantitative estimate of drug-likeness (QED) is 0.308. The van der Waals surface area contributed by atoms with E-state index >= 15 is 0 Å². The van der Waals surface area contributed by atoms with Crippen molar-refractivity contribution in [1.29, 1.82) is 0 Å². The molecule has 2 rings (SSSR count). The molecule has 0 bridgehead atoms. The Kier molecular flexibility index (Phi) is 11.9. The summed E-state index contributed by atoms with van der Waals surface area (Å²) >= 11 is 0. The van der Waals surface area contributed by atoms with E-state index in [0.29, 0.717) is 25.2 Å². The summed E-state index contributed by atoms with van der Waals surface area (Å²) in [6, 6.07) is 7.57. The molecule has 0 saturated carbocycles. The summed E-state index contributed by atoms with van der Waals surface area (Å²) in [5.41, 5.74) is 1.28. The predicted octanol–water partition coefficient (Wildman–Crippen LogP) is 2.22. The van der Waals surface area contributed by atoms with Crippen LogP contribution in [0.4, 0.5) is 4.79 Å². The van der Waals surface area contributed by atoms with Gasteiger partial charge in [0.15, 0.2) is 5.96 Å². The summed E-state index contributed by atoms with van der Waals surface area (Å²) in [6.45, 7) is 10.9. The minimum Gasteiger partial charge on any atom is -0.444 e. The number of carbonyl (C=O) groups excluding carboxylic acids is 2. The van der Waals surface area contributed by atoms with E-state index in [9.17, 15) is 9.59 Å². The van der Waals surface area contributed by atoms with E-state index < -0.39 is 5.60 Å². The van der Waals surface area contributed by atoms with Crippen LogP contribution in [0.25, 0.3) is 0 Å². The average molecular weight is 575 g/mol. The Hall–Kier alpha value is -2.08. The number of hydrogen-bond acceptors (Lipinski definition) is 5. The van der Waals surface area contributed by atoms with Gasteiger partial charge in [0.2, 0.25) is 0 Å². The summed E-state index contributed by atoms with van der Waals surface area (Å²) in [7, 11) is 5.23. The maximum absolute atomic E-state index is 12.2. The molecule has 0 radical (unpaired) electrons. The molecule has 1 aliphatic heterocycles. The number of benzene rings is 1. The number of piperazine rings is 1. The monoisotopic (exact) mass is 574 g/mol. The number of guanidine groups is 1. The molecule has 0 spiro atoms. The van der Waals surface area contributed by atoms with E-state index in [1.807, 2.05) is 45.0 Å². The third-order valence-corrected chi connectivity index (χ3v) is 5.04. The minimum atomic E-state index is -0.466. The van der Waals surface area contributed by atoms with Crippen molar-refractivity contribution >= 4 is 41.9 Å². The van der Waals surface area contributed by atoms with Crippen LogP contribution in [-0.4, -0.2) is 98.7 Å². The lowest BCUT2D eigenvalue weighted by molar-refractivity contribution is 0.0147. The van der Waals surface area contributed by atoms with Gasteiger partial charge in [-0.15, -0.1) is 24.0 Å². The van der Waals surface area contributed by atoms with Gasteiger partial charge >= 0.3 is 6.09 Å². The van der Waals surface area contributed by atoms with Gasteiger partial charge in [0.1, 0.15) is 5.60 Å². The third kappa shape index (κ3) is 10.2. The van der Waals surface area contributed by atoms with Crippen molar-refractivity contribution in [1.82, 2.24) is 25.3 Å². The minimum absolute atomic E-state index is 0.